The second-order valence-corrected chi connectivity index (χ2v) is 12.9. The molecule has 5 nitrogen and oxygen atoms in total. The largest absolute Gasteiger partial charge is 0.508 e. The highest BCUT2D eigenvalue weighted by Gasteiger charge is 2.36. The summed E-state index contributed by atoms with van der Waals surface area (Å²) >= 11 is 1.91. The number of hydrogen-bond acceptors (Lipinski definition) is 6. The summed E-state index contributed by atoms with van der Waals surface area (Å²) in [6.45, 7) is 6.26. The maximum absolute atomic E-state index is 10.4. The third-order valence-corrected chi connectivity index (χ3v) is 10.1. The van der Waals surface area contributed by atoms with E-state index in [4.69, 9.17) is 13.3 Å². The summed E-state index contributed by atoms with van der Waals surface area (Å²) in [6, 6.07) is 12.5. The summed E-state index contributed by atoms with van der Waals surface area (Å²) in [5.74, 6) is 2.73. The van der Waals surface area contributed by atoms with Gasteiger partial charge >= 0.3 is 8.80 Å². The molecule has 0 atom stereocenters. The molecular weight excluding hydrogens is 440 g/mol. The van der Waals surface area contributed by atoms with E-state index in [2.05, 4.69) is 19.9 Å². The zero-order valence-corrected chi connectivity index (χ0v) is 22.1. The van der Waals surface area contributed by atoms with E-state index < -0.39 is 8.80 Å². The molecule has 0 radical (unpaired) electrons. The van der Waals surface area contributed by atoms with Gasteiger partial charge in [0.15, 0.2) is 0 Å². The monoisotopic (exact) mass is 478 g/mol. The van der Waals surface area contributed by atoms with Crippen molar-refractivity contribution in [2.45, 2.75) is 51.5 Å². The Balaban J connectivity index is 1.91. The van der Waals surface area contributed by atoms with Crippen LogP contribution >= 0.6 is 11.8 Å². The molecule has 0 amide bonds. The second-order valence-electron chi connectivity index (χ2n) is 8.58. The van der Waals surface area contributed by atoms with Gasteiger partial charge in [-0.3, -0.25) is 0 Å². The third kappa shape index (κ3) is 6.75. The van der Waals surface area contributed by atoms with Crippen LogP contribution < -0.4 is 0 Å². The van der Waals surface area contributed by atoms with Crippen molar-refractivity contribution in [2.24, 2.45) is 0 Å². The fourth-order valence-electron chi connectivity index (χ4n) is 3.80. The molecule has 0 aliphatic heterocycles. The number of hydrogen-bond donors (Lipinski definition) is 2. The smallest absolute Gasteiger partial charge is 0.500 e. The van der Waals surface area contributed by atoms with E-state index in [1.54, 1.807) is 33.5 Å². The Morgan fingerprint density at radius 3 is 2.00 bits per heavy atom. The van der Waals surface area contributed by atoms with Crippen molar-refractivity contribution < 1.29 is 23.5 Å². The van der Waals surface area contributed by atoms with Crippen LogP contribution in [0, 0.1) is 6.92 Å². The average molecular weight is 479 g/mol. The fraction of sp³-hybridized carbons (Fsp3) is 0.520. The number of thioether (sulfide) groups is 1. The lowest BCUT2D eigenvalue weighted by molar-refractivity contribution is 0.123. The molecule has 2 aromatic carbocycles. The van der Waals surface area contributed by atoms with Gasteiger partial charge in [0.2, 0.25) is 0 Å². The number of phenolic OH excluding ortho intramolecular Hbond substituents is 2. The van der Waals surface area contributed by atoms with Crippen molar-refractivity contribution in [3.05, 3.63) is 58.7 Å². The van der Waals surface area contributed by atoms with Crippen LogP contribution in [0.25, 0.3) is 0 Å². The Kier molecular flexibility index (Phi) is 10.1. The first-order chi connectivity index (χ1) is 15.2. The predicted octanol–water partition coefficient (Wildman–Crippen LogP) is 5.67. The van der Waals surface area contributed by atoms with Crippen LogP contribution in [0.2, 0.25) is 6.04 Å². The zero-order chi connectivity index (χ0) is 23.8. The Morgan fingerprint density at radius 1 is 0.844 bits per heavy atom. The van der Waals surface area contributed by atoms with Gasteiger partial charge in [0.1, 0.15) is 11.5 Å². The van der Waals surface area contributed by atoms with Gasteiger partial charge in [-0.2, -0.15) is 11.8 Å². The lowest BCUT2D eigenvalue weighted by atomic mass is 9.77. The van der Waals surface area contributed by atoms with Crippen molar-refractivity contribution >= 4 is 20.6 Å². The molecule has 0 spiro atoms. The minimum absolute atomic E-state index is 0.226. The van der Waals surface area contributed by atoms with E-state index in [1.807, 2.05) is 36.9 Å². The van der Waals surface area contributed by atoms with Crippen LogP contribution in [0.4, 0.5) is 0 Å². The minimum Gasteiger partial charge on any atom is -0.508 e. The third-order valence-electron chi connectivity index (χ3n) is 6.16. The van der Waals surface area contributed by atoms with Gasteiger partial charge in [-0.05, 0) is 72.1 Å². The molecule has 2 N–H and O–H groups in total. The Bertz CT molecular complexity index is 859. The van der Waals surface area contributed by atoms with E-state index in [-0.39, 0.29) is 5.41 Å². The molecule has 0 bridgehead atoms. The molecule has 0 fully saturated rings. The molecule has 2 aromatic rings. The summed E-state index contributed by atoms with van der Waals surface area (Å²) in [4.78, 5) is 0. The molecule has 0 aromatic heterocycles. The predicted molar refractivity (Wildman–Crippen MR) is 135 cm³/mol. The second kappa shape index (κ2) is 12.1. The molecule has 0 heterocycles. The van der Waals surface area contributed by atoms with Crippen molar-refractivity contribution in [3.8, 4) is 11.5 Å². The molecule has 32 heavy (non-hydrogen) atoms. The van der Waals surface area contributed by atoms with Crippen LogP contribution in [-0.2, 0) is 25.1 Å². The van der Waals surface area contributed by atoms with E-state index in [9.17, 15) is 10.2 Å². The first kappa shape index (κ1) is 26.7. The van der Waals surface area contributed by atoms with E-state index >= 15 is 0 Å². The Morgan fingerprint density at radius 2 is 1.41 bits per heavy atom. The van der Waals surface area contributed by atoms with Gasteiger partial charge in [-0.1, -0.05) is 38.1 Å². The number of aryl methyl sites for hydroxylation is 2. The number of benzene rings is 2. The number of phenols is 2. The maximum atomic E-state index is 10.4. The van der Waals surface area contributed by atoms with Crippen molar-refractivity contribution in [1.82, 2.24) is 0 Å². The molecule has 0 saturated carbocycles. The molecule has 7 heteroatoms. The van der Waals surface area contributed by atoms with Gasteiger partial charge in [-0.15, -0.1) is 0 Å². The van der Waals surface area contributed by atoms with Crippen molar-refractivity contribution in [1.29, 1.82) is 0 Å². The quantitative estimate of drug-likeness (QED) is 0.286. The summed E-state index contributed by atoms with van der Waals surface area (Å²) in [6.07, 6.45) is 2.83. The lowest BCUT2D eigenvalue weighted by Crippen LogP contribution is -2.42. The normalized spacial score (nSPS) is 12.3. The Labute approximate surface area is 198 Å². The van der Waals surface area contributed by atoms with Gasteiger partial charge < -0.3 is 23.5 Å². The highest BCUT2D eigenvalue weighted by Crippen LogP contribution is 2.36. The van der Waals surface area contributed by atoms with Crippen LogP contribution in [0.5, 0.6) is 11.5 Å². The summed E-state index contributed by atoms with van der Waals surface area (Å²) in [7, 11) is 2.48. The topological polar surface area (TPSA) is 68.2 Å². The first-order valence-electron chi connectivity index (χ1n) is 11.0. The zero-order valence-electron chi connectivity index (χ0n) is 20.2. The minimum atomic E-state index is -2.47. The number of rotatable bonds is 13. The first-order valence-corrected chi connectivity index (χ1v) is 14.1. The van der Waals surface area contributed by atoms with Crippen LogP contribution in [0.1, 0.15) is 48.9 Å². The van der Waals surface area contributed by atoms with Crippen molar-refractivity contribution in [3.63, 3.8) is 0 Å². The SMILES string of the molecule is CO[Si](CCCSCCCc1cc(C(C)(C)c2ccc(O)c(C)c2)ccc1O)(OC)OC. The van der Waals surface area contributed by atoms with Crippen LogP contribution in [0.15, 0.2) is 36.4 Å². The molecule has 0 aliphatic rings. The van der Waals surface area contributed by atoms with E-state index in [0.29, 0.717) is 11.5 Å². The summed E-state index contributed by atoms with van der Waals surface area (Å²) < 4.78 is 16.4. The van der Waals surface area contributed by atoms with Gasteiger partial charge in [0.05, 0.1) is 0 Å². The fourth-order valence-corrected chi connectivity index (χ4v) is 6.68. The van der Waals surface area contributed by atoms with Crippen molar-refractivity contribution in [2.75, 3.05) is 32.8 Å². The standard InChI is InChI=1S/C25H38O5SSi/c1-19-17-21(10-12-23(19)26)25(2,3)22-11-13-24(27)20(18-22)9-7-14-31-15-8-16-32(28-4,29-5)30-6/h10-13,17-18,26-27H,7-9,14-16H2,1-6H3. The summed E-state index contributed by atoms with van der Waals surface area (Å²) in [5, 5.41) is 20.2. The van der Waals surface area contributed by atoms with Gasteiger partial charge in [-0.25, -0.2) is 0 Å². The molecular formula is C25H38O5SSi. The highest BCUT2D eigenvalue weighted by atomic mass is 32.2. The van der Waals surface area contributed by atoms with Gasteiger partial charge in [0, 0.05) is 32.8 Å². The number of aromatic hydroxyl groups is 2. The molecule has 2 rings (SSSR count). The van der Waals surface area contributed by atoms with Crippen LogP contribution in [0.3, 0.4) is 0 Å². The van der Waals surface area contributed by atoms with E-state index in [0.717, 1.165) is 59.1 Å². The average Bonchev–Trinajstić information content (AvgIpc) is 2.79. The molecule has 178 valence electrons. The Hall–Kier alpha value is -1.51. The van der Waals surface area contributed by atoms with Gasteiger partial charge in [0.25, 0.3) is 0 Å². The molecule has 0 saturated heterocycles. The lowest BCUT2D eigenvalue weighted by Gasteiger charge is -2.27. The van der Waals surface area contributed by atoms with Crippen LogP contribution in [-0.4, -0.2) is 51.9 Å². The molecule has 0 unspecified atom stereocenters. The summed E-state index contributed by atoms with van der Waals surface area (Å²) in [5.41, 5.74) is 3.92. The maximum Gasteiger partial charge on any atom is 0.500 e. The van der Waals surface area contributed by atoms with E-state index in [1.165, 1.54) is 0 Å². The molecule has 0 aliphatic carbocycles. The highest BCUT2D eigenvalue weighted by molar-refractivity contribution is 7.99.